The third-order valence-electron chi connectivity index (χ3n) is 3.11. The Balaban J connectivity index is 0.000000367. The molecular weight excluding hydrogens is 220 g/mol. The summed E-state index contributed by atoms with van der Waals surface area (Å²) in [6, 6.07) is 11.9. The molecule has 1 aliphatic rings. The van der Waals surface area contributed by atoms with Crippen molar-refractivity contribution in [3.05, 3.63) is 52.9 Å². The van der Waals surface area contributed by atoms with Gasteiger partial charge < -0.3 is 0 Å². The van der Waals surface area contributed by atoms with Crippen LogP contribution in [0.3, 0.4) is 0 Å². The average molecular weight is 234 g/mol. The average Bonchev–Trinajstić information content (AvgIpc) is 2.37. The quantitative estimate of drug-likeness (QED) is 0.659. The van der Waals surface area contributed by atoms with E-state index in [1.807, 2.05) is 0 Å². The molecule has 0 unspecified atom stereocenters. The SMILES string of the molecule is C=C1CC=c2c(=C)ccc3cccc1c23.N=C=N. The Morgan fingerprint density at radius 2 is 1.78 bits per heavy atom. The van der Waals surface area contributed by atoms with Gasteiger partial charge in [-0.1, -0.05) is 49.6 Å². The highest BCUT2D eigenvalue weighted by atomic mass is 14.4. The van der Waals surface area contributed by atoms with Crippen LogP contribution in [0, 0.1) is 10.8 Å². The van der Waals surface area contributed by atoms with Gasteiger partial charge in [0.1, 0.15) is 0 Å². The van der Waals surface area contributed by atoms with E-state index in [4.69, 9.17) is 10.8 Å². The lowest BCUT2D eigenvalue weighted by atomic mass is 9.91. The van der Waals surface area contributed by atoms with Crippen molar-refractivity contribution in [1.29, 1.82) is 10.8 Å². The number of benzene rings is 2. The van der Waals surface area contributed by atoms with Crippen LogP contribution in [0.25, 0.3) is 29.0 Å². The fraction of sp³-hybridized carbons (Fsp3) is 0.0625. The Morgan fingerprint density at radius 3 is 2.50 bits per heavy atom. The highest BCUT2D eigenvalue weighted by molar-refractivity contribution is 5.97. The first-order valence-electron chi connectivity index (χ1n) is 5.66. The summed E-state index contributed by atoms with van der Waals surface area (Å²) in [5.74, 6) is 0. The summed E-state index contributed by atoms with van der Waals surface area (Å²) in [6.07, 6.45) is 3.18. The molecule has 2 nitrogen and oxygen atoms in total. The summed E-state index contributed by atoms with van der Waals surface area (Å²) in [5, 5.41) is 16.3. The zero-order valence-corrected chi connectivity index (χ0v) is 10.1. The molecule has 0 spiro atoms. The van der Waals surface area contributed by atoms with Gasteiger partial charge in [0.2, 0.25) is 0 Å². The van der Waals surface area contributed by atoms with E-state index in [0.29, 0.717) is 0 Å². The van der Waals surface area contributed by atoms with Gasteiger partial charge in [-0.2, -0.15) is 0 Å². The van der Waals surface area contributed by atoms with Gasteiger partial charge >= 0.3 is 0 Å². The van der Waals surface area contributed by atoms with E-state index in [0.717, 1.165) is 11.6 Å². The third kappa shape index (κ3) is 1.90. The normalized spacial score (nSPS) is 12.1. The summed E-state index contributed by atoms with van der Waals surface area (Å²) < 4.78 is 0. The van der Waals surface area contributed by atoms with Crippen molar-refractivity contribution in [3.63, 3.8) is 0 Å². The summed E-state index contributed by atoms with van der Waals surface area (Å²) >= 11 is 0. The highest BCUT2D eigenvalue weighted by Gasteiger charge is 2.09. The van der Waals surface area contributed by atoms with Crippen LogP contribution in [0.2, 0.25) is 0 Å². The van der Waals surface area contributed by atoms with Gasteiger partial charge in [0.05, 0.1) is 6.01 Å². The summed E-state index contributed by atoms with van der Waals surface area (Å²) in [5.41, 5.74) is 2.49. The molecule has 88 valence electrons. The van der Waals surface area contributed by atoms with Crippen LogP contribution in [-0.2, 0) is 0 Å². The molecule has 0 amide bonds. The molecular formula is C16H14N2. The summed E-state index contributed by atoms with van der Waals surface area (Å²) in [6.45, 7) is 8.20. The van der Waals surface area contributed by atoms with E-state index in [9.17, 15) is 0 Å². The van der Waals surface area contributed by atoms with Crippen LogP contribution in [0.4, 0.5) is 0 Å². The maximum Gasteiger partial charge on any atom is 0.0831 e. The van der Waals surface area contributed by atoms with Crippen LogP contribution in [-0.4, -0.2) is 6.01 Å². The number of nitrogens with one attached hydrogen (secondary N) is 2. The molecule has 0 bridgehead atoms. The number of allylic oxidation sites excluding steroid dienone is 1. The predicted molar refractivity (Wildman–Crippen MR) is 77.3 cm³/mol. The van der Waals surface area contributed by atoms with E-state index < -0.39 is 0 Å². The van der Waals surface area contributed by atoms with Gasteiger partial charge in [-0.15, -0.1) is 0 Å². The monoisotopic (exact) mass is 234 g/mol. The minimum Gasteiger partial charge on any atom is -0.242 e. The summed E-state index contributed by atoms with van der Waals surface area (Å²) in [4.78, 5) is 0. The molecule has 2 aromatic carbocycles. The molecule has 0 aliphatic heterocycles. The topological polar surface area (TPSA) is 47.7 Å². The van der Waals surface area contributed by atoms with Crippen LogP contribution in [0.15, 0.2) is 36.9 Å². The van der Waals surface area contributed by atoms with Crippen LogP contribution < -0.4 is 10.4 Å². The fourth-order valence-corrected chi connectivity index (χ4v) is 2.31. The Labute approximate surface area is 106 Å². The molecule has 0 radical (unpaired) electrons. The van der Waals surface area contributed by atoms with Gasteiger partial charge in [0, 0.05) is 0 Å². The Kier molecular flexibility index (Phi) is 3.22. The Morgan fingerprint density at radius 1 is 1.06 bits per heavy atom. The number of hydrogen-bond acceptors (Lipinski definition) is 2. The van der Waals surface area contributed by atoms with Crippen LogP contribution in [0.5, 0.6) is 0 Å². The minimum atomic E-state index is 0.943. The minimum absolute atomic E-state index is 0.943. The first kappa shape index (κ1) is 12.0. The lowest BCUT2D eigenvalue weighted by Gasteiger charge is -2.13. The van der Waals surface area contributed by atoms with Crippen LogP contribution >= 0.6 is 0 Å². The second-order valence-electron chi connectivity index (χ2n) is 4.18. The maximum atomic E-state index is 5.62. The lowest BCUT2D eigenvalue weighted by Crippen LogP contribution is -2.26. The third-order valence-corrected chi connectivity index (χ3v) is 3.11. The van der Waals surface area contributed by atoms with E-state index in [1.54, 1.807) is 0 Å². The molecule has 1 aliphatic carbocycles. The van der Waals surface area contributed by atoms with Crippen molar-refractivity contribution >= 4 is 35.0 Å². The van der Waals surface area contributed by atoms with Crippen LogP contribution in [0.1, 0.15) is 12.0 Å². The van der Waals surface area contributed by atoms with Crippen molar-refractivity contribution in [2.24, 2.45) is 0 Å². The Bertz CT molecular complexity index is 764. The molecule has 0 atom stereocenters. The van der Waals surface area contributed by atoms with Gasteiger partial charge in [-0.05, 0) is 38.8 Å². The molecule has 3 rings (SSSR count). The number of hydrogen-bond donors (Lipinski definition) is 2. The number of rotatable bonds is 0. The molecule has 18 heavy (non-hydrogen) atoms. The maximum absolute atomic E-state index is 5.62. The van der Waals surface area contributed by atoms with E-state index in [2.05, 4.69) is 49.6 Å². The zero-order valence-electron chi connectivity index (χ0n) is 10.1. The van der Waals surface area contributed by atoms with Crippen molar-refractivity contribution in [3.8, 4) is 0 Å². The van der Waals surface area contributed by atoms with Gasteiger partial charge in [0.15, 0.2) is 0 Å². The predicted octanol–water partition coefficient (Wildman–Crippen LogP) is 2.77. The van der Waals surface area contributed by atoms with Crippen molar-refractivity contribution in [2.45, 2.75) is 6.42 Å². The molecule has 2 N–H and O–H groups in total. The molecule has 0 aromatic heterocycles. The van der Waals surface area contributed by atoms with Gasteiger partial charge in [-0.3, -0.25) is 0 Å². The molecule has 0 saturated heterocycles. The molecule has 0 saturated carbocycles. The second-order valence-corrected chi connectivity index (χ2v) is 4.18. The second kappa shape index (κ2) is 4.82. The van der Waals surface area contributed by atoms with Crippen molar-refractivity contribution in [2.75, 3.05) is 0 Å². The van der Waals surface area contributed by atoms with Gasteiger partial charge in [0.25, 0.3) is 0 Å². The van der Waals surface area contributed by atoms with E-state index in [-0.39, 0.29) is 0 Å². The molecule has 0 heterocycles. The van der Waals surface area contributed by atoms with E-state index >= 15 is 0 Å². The fourth-order valence-electron chi connectivity index (χ4n) is 2.31. The standard InChI is InChI=1S/C15H12.CH2N2/c1-10-6-8-12-4-3-5-13-11(2)7-9-14(10)15(12)13;2-1-3/h3-6,8-9H,1-2,7H2;2-3H. The highest BCUT2D eigenvalue weighted by Crippen LogP contribution is 2.26. The molecule has 0 fully saturated rings. The van der Waals surface area contributed by atoms with Crippen molar-refractivity contribution < 1.29 is 0 Å². The first-order chi connectivity index (χ1) is 8.69. The smallest absolute Gasteiger partial charge is 0.0831 e. The zero-order chi connectivity index (χ0) is 13.1. The molecule has 2 aromatic rings. The summed E-state index contributed by atoms with van der Waals surface area (Å²) in [7, 11) is 0. The largest absolute Gasteiger partial charge is 0.242 e. The van der Waals surface area contributed by atoms with Gasteiger partial charge in [-0.25, -0.2) is 10.8 Å². The lowest BCUT2D eigenvalue weighted by molar-refractivity contribution is 1.42. The van der Waals surface area contributed by atoms with Crippen molar-refractivity contribution in [1.82, 2.24) is 0 Å². The van der Waals surface area contributed by atoms with E-state index in [1.165, 1.54) is 33.1 Å². The first-order valence-corrected chi connectivity index (χ1v) is 5.66. The molecule has 2 heteroatoms. The Hall–Kier alpha value is -2.44.